The van der Waals surface area contributed by atoms with Crippen LogP contribution in [-0.4, -0.2) is 25.5 Å². The van der Waals surface area contributed by atoms with Crippen LogP contribution in [0.2, 0.25) is 0 Å². The maximum Gasteiger partial charge on any atom is 0.697 e. The van der Waals surface area contributed by atoms with E-state index in [-0.39, 0.29) is 16.9 Å². The highest BCUT2D eigenvalue weighted by molar-refractivity contribution is 7.33. The highest BCUT2D eigenvalue weighted by Crippen LogP contribution is 2.24. The SMILES string of the molecule is O=PCCCCCO[P+](=O)OCCCCCP=O. The van der Waals surface area contributed by atoms with Gasteiger partial charge in [0, 0.05) is 16.9 Å². The van der Waals surface area contributed by atoms with Crippen LogP contribution in [0.4, 0.5) is 0 Å². The molecule has 5 nitrogen and oxygen atoms in total. The highest BCUT2D eigenvalue weighted by atomic mass is 31.1. The number of hydrogen-bond acceptors (Lipinski definition) is 5. The van der Waals surface area contributed by atoms with Crippen molar-refractivity contribution < 1.29 is 22.7 Å². The molecule has 0 aliphatic rings. The normalized spacial score (nSPS) is 12.1. The lowest BCUT2D eigenvalue weighted by Crippen LogP contribution is -1.92. The van der Waals surface area contributed by atoms with E-state index in [9.17, 15) is 13.7 Å². The maximum atomic E-state index is 11.2. The molecule has 0 radical (unpaired) electrons. The van der Waals surface area contributed by atoms with Gasteiger partial charge in [-0.15, -0.1) is 9.05 Å². The maximum absolute atomic E-state index is 11.2. The van der Waals surface area contributed by atoms with Crippen LogP contribution in [0.5, 0.6) is 0 Å². The van der Waals surface area contributed by atoms with Gasteiger partial charge in [0.2, 0.25) is 0 Å². The van der Waals surface area contributed by atoms with Crippen molar-refractivity contribution in [3.63, 3.8) is 0 Å². The minimum atomic E-state index is -2.01. The third-order valence-electron chi connectivity index (χ3n) is 2.18. The summed E-state index contributed by atoms with van der Waals surface area (Å²) >= 11 is 0. The van der Waals surface area contributed by atoms with Gasteiger partial charge in [0.25, 0.3) is 0 Å². The summed E-state index contributed by atoms with van der Waals surface area (Å²) in [6, 6.07) is 0. The Balaban J connectivity index is 3.17. The first kappa shape index (κ1) is 18.2. The van der Waals surface area contributed by atoms with Crippen molar-refractivity contribution in [2.45, 2.75) is 38.5 Å². The molecule has 18 heavy (non-hydrogen) atoms. The second-order valence-electron chi connectivity index (χ2n) is 3.72. The Morgan fingerprint density at radius 2 is 1.17 bits per heavy atom. The zero-order valence-electron chi connectivity index (χ0n) is 10.5. The number of rotatable bonds is 14. The van der Waals surface area contributed by atoms with E-state index in [0.29, 0.717) is 25.5 Å². The predicted octanol–water partition coefficient (Wildman–Crippen LogP) is 4.60. The summed E-state index contributed by atoms with van der Waals surface area (Å²) < 4.78 is 41.5. The summed E-state index contributed by atoms with van der Waals surface area (Å²) in [4.78, 5) is 0. The molecule has 0 amide bonds. The number of hydrogen-bond donors (Lipinski definition) is 0. The Morgan fingerprint density at radius 3 is 1.56 bits per heavy atom. The van der Waals surface area contributed by atoms with Gasteiger partial charge in [0.05, 0.1) is 0 Å². The molecule has 0 aliphatic heterocycles. The first-order valence-corrected chi connectivity index (χ1v) is 9.21. The van der Waals surface area contributed by atoms with Gasteiger partial charge in [0.15, 0.2) is 16.9 Å². The van der Waals surface area contributed by atoms with Crippen LogP contribution in [0.3, 0.4) is 0 Å². The van der Waals surface area contributed by atoms with Gasteiger partial charge in [0.1, 0.15) is 13.2 Å². The summed E-state index contributed by atoms with van der Waals surface area (Å²) in [5, 5.41) is 0. The first-order chi connectivity index (χ1) is 8.81. The van der Waals surface area contributed by atoms with E-state index in [1.807, 2.05) is 0 Å². The van der Waals surface area contributed by atoms with Crippen LogP contribution in [0.15, 0.2) is 0 Å². The molecule has 0 aliphatic carbocycles. The van der Waals surface area contributed by atoms with E-state index >= 15 is 0 Å². The zero-order chi connectivity index (χ0) is 13.5. The van der Waals surface area contributed by atoms with E-state index in [0.717, 1.165) is 38.5 Å². The zero-order valence-corrected chi connectivity index (χ0v) is 13.1. The topological polar surface area (TPSA) is 69.7 Å². The quantitative estimate of drug-likeness (QED) is 0.346. The molecule has 8 heteroatoms. The van der Waals surface area contributed by atoms with E-state index in [2.05, 4.69) is 0 Å². The Morgan fingerprint density at radius 1 is 0.722 bits per heavy atom. The Hall–Kier alpha value is 0.220. The molecule has 0 spiro atoms. The minimum Gasteiger partial charge on any atom is -0.275 e. The Labute approximate surface area is 112 Å². The number of unbranched alkanes of at least 4 members (excludes halogenated alkanes) is 4. The van der Waals surface area contributed by atoms with Crippen molar-refractivity contribution in [1.29, 1.82) is 0 Å². The average Bonchev–Trinajstić information content (AvgIpc) is 2.38. The summed E-state index contributed by atoms with van der Waals surface area (Å²) in [6.45, 7) is 0.833. The summed E-state index contributed by atoms with van der Waals surface area (Å²) in [5.74, 6) is 0. The molecule has 104 valence electrons. The van der Waals surface area contributed by atoms with E-state index < -0.39 is 8.25 Å². The first-order valence-electron chi connectivity index (χ1n) is 6.12. The van der Waals surface area contributed by atoms with Crippen molar-refractivity contribution in [2.24, 2.45) is 0 Å². The van der Waals surface area contributed by atoms with Crippen molar-refractivity contribution >= 4 is 25.2 Å². The fraction of sp³-hybridized carbons (Fsp3) is 1.00. The van der Waals surface area contributed by atoms with Gasteiger partial charge in [-0.25, -0.2) is 0 Å². The fourth-order valence-corrected chi connectivity index (χ4v) is 2.56. The Kier molecular flexibility index (Phi) is 15.5. The molecule has 0 N–H and O–H groups in total. The van der Waals surface area contributed by atoms with E-state index in [4.69, 9.17) is 9.05 Å². The van der Waals surface area contributed by atoms with Crippen molar-refractivity contribution in [1.82, 2.24) is 0 Å². The highest BCUT2D eigenvalue weighted by Gasteiger charge is 2.18. The summed E-state index contributed by atoms with van der Waals surface area (Å²) in [6.07, 6.45) is 6.60. The standard InChI is InChI=1S/C10H20O5P3/c11-16-9-5-1-3-7-14-18(13)15-8-4-2-6-10-17-12/h1-10H2/q+1. The molecule has 0 fully saturated rings. The predicted molar refractivity (Wildman–Crippen MR) is 72.2 cm³/mol. The smallest absolute Gasteiger partial charge is 0.275 e. The van der Waals surface area contributed by atoms with Crippen LogP contribution >= 0.6 is 25.2 Å². The van der Waals surface area contributed by atoms with E-state index in [1.165, 1.54) is 0 Å². The summed E-state index contributed by atoms with van der Waals surface area (Å²) in [7, 11) is -1.64. The Bertz CT molecular complexity index is 216. The van der Waals surface area contributed by atoms with Crippen LogP contribution in [0, 0.1) is 0 Å². The van der Waals surface area contributed by atoms with Gasteiger partial charge < -0.3 is 0 Å². The second kappa shape index (κ2) is 15.3. The van der Waals surface area contributed by atoms with Crippen molar-refractivity contribution in [3.05, 3.63) is 0 Å². The van der Waals surface area contributed by atoms with Crippen LogP contribution in [0.1, 0.15) is 38.5 Å². The lowest BCUT2D eigenvalue weighted by atomic mass is 10.3. The third kappa shape index (κ3) is 14.3. The molecule has 0 unspecified atom stereocenters. The van der Waals surface area contributed by atoms with Crippen LogP contribution < -0.4 is 0 Å². The van der Waals surface area contributed by atoms with Gasteiger partial charge in [-0.3, -0.25) is 9.13 Å². The molecule has 0 saturated carbocycles. The van der Waals surface area contributed by atoms with E-state index in [1.54, 1.807) is 0 Å². The van der Waals surface area contributed by atoms with Gasteiger partial charge >= 0.3 is 8.25 Å². The molecular formula is C10H20O5P3+. The lowest BCUT2D eigenvalue weighted by molar-refractivity contribution is 0.219. The average molecular weight is 313 g/mol. The molecule has 0 aromatic carbocycles. The third-order valence-corrected chi connectivity index (χ3v) is 3.97. The largest absolute Gasteiger partial charge is 0.697 e. The van der Waals surface area contributed by atoms with Gasteiger partial charge in [-0.05, 0) is 25.7 Å². The van der Waals surface area contributed by atoms with Crippen LogP contribution in [-0.2, 0) is 22.7 Å². The molecule has 0 rings (SSSR count). The molecule has 0 aromatic rings. The summed E-state index contributed by atoms with van der Waals surface area (Å²) in [5.41, 5.74) is 0. The molecule has 0 atom stereocenters. The monoisotopic (exact) mass is 313 g/mol. The molecule has 0 saturated heterocycles. The molecule has 0 bridgehead atoms. The van der Waals surface area contributed by atoms with Crippen molar-refractivity contribution in [2.75, 3.05) is 25.5 Å². The molecule has 0 aromatic heterocycles. The van der Waals surface area contributed by atoms with Crippen LogP contribution in [0.25, 0.3) is 0 Å². The lowest BCUT2D eigenvalue weighted by Gasteiger charge is -1.94. The van der Waals surface area contributed by atoms with Crippen molar-refractivity contribution in [3.8, 4) is 0 Å². The minimum absolute atomic E-state index is 0.181. The fourth-order valence-electron chi connectivity index (χ4n) is 1.23. The molecule has 0 heterocycles. The second-order valence-corrected chi connectivity index (χ2v) is 6.09. The molecular weight excluding hydrogens is 293 g/mol. The van der Waals surface area contributed by atoms with Gasteiger partial charge in [-0.1, -0.05) is 12.8 Å². The van der Waals surface area contributed by atoms with Gasteiger partial charge in [-0.2, -0.15) is 0 Å².